The Bertz CT molecular complexity index is 324. The molecule has 1 aliphatic rings. The van der Waals surface area contributed by atoms with E-state index in [-0.39, 0.29) is 11.7 Å². The van der Waals surface area contributed by atoms with Crippen molar-refractivity contribution in [2.24, 2.45) is 13.0 Å². The van der Waals surface area contributed by atoms with Crippen LogP contribution in [-0.4, -0.2) is 15.3 Å². The fraction of sp³-hybridized carbons (Fsp3) is 0.636. The first-order valence-corrected chi connectivity index (χ1v) is 5.29. The van der Waals surface area contributed by atoms with Crippen molar-refractivity contribution in [3.8, 4) is 0 Å². The summed E-state index contributed by atoms with van der Waals surface area (Å²) in [5.74, 6) is 0.476. The zero-order valence-electron chi connectivity index (χ0n) is 8.57. The van der Waals surface area contributed by atoms with Crippen LogP contribution in [0.25, 0.3) is 0 Å². The van der Waals surface area contributed by atoms with Gasteiger partial charge in [0, 0.05) is 19.2 Å². The summed E-state index contributed by atoms with van der Waals surface area (Å²) in [7, 11) is 1.89. The molecule has 1 aliphatic carbocycles. The summed E-state index contributed by atoms with van der Waals surface area (Å²) in [6.07, 6.45) is 9.29. The number of ketones is 1. The summed E-state index contributed by atoms with van der Waals surface area (Å²) < 4.78 is 1.83. The third kappa shape index (κ3) is 1.86. The Balaban J connectivity index is 2.07. The molecule has 1 fully saturated rings. The normalized spacial score (nSPS) is 18.4. The molecule has 1 aromatic rings. The van der Waals surface area contributed by atoms with Crippen molar-refractivity contribution in [1.82, 2.24) is 9.55 Å². The highest BCUT2D eigenvalue weighted by Gasteiger charge is 2.23. The molecule has 0 radical (unpaired) electrons. The Labute approximate surface area is 84.1 Å². The van der Waals surface area contributed by atoms with E-state index < -0.39 is 0 Å². The van der Waals surface area contributed by atoms with E-state index in [1.165, 1.54) is 19.3 Å². The molecule has 1 aromatic heterocycles. The maximum atomic E-state index is 11.9. The third-order valence-electron chi connectivity index (χ3n) is 2.93. The number of hydrogen-bond donors (Lipinski definition) is 0. The maximum absolute atomic E-state index is 11.9. The quantitative estimate of drug-likeness (QED) is 0.673. The summed E-state index contributed by atoms with van der Waals surface area (Å²) in [5, 5.41) is 0. The summed E-state index contributed by atoms with van der Waals surface area (Å²) in [6.45, 7) is 0. The van der Waals surface area contributed by atoms with Crippen LogP contribution >= 0.6 is 0 Å². The van der Waals surface area contributed by atoms with E-state index in [0.717, 1.165) is 12.8 Å². The molecule has 0 N–H and O–H groups in total. The van der Waals surface area contributed by atoms with Crippen molar-refractivity contribution in [1.29, 1.82) is 0 Å². The molecule has 0 bridgehead atoms. The molecule has 1 saturated carbocycles. The van der Waals surface area contributed by atoms with Gasteiger partial charge in [0.05, 0.1) is 6.33 Å². The summed E-state index contributed by atoms with van der Waals surface area (Å²) in [6, 6.07) is 0. The predicted molar refractivity (Wildman–Crippen MR) is 54.1 cm³/mol. The summed E-state index contributed by atoms with van der Waals surface area (Å²) >= 11 is 0. The van der Waals surface area contributed by atoms with Gasteiger partial charge in [-0.05, 0) is 12.8 Å². The average molecular weight is 192 g/mol. The topological polar surface area (TPSA) is 34.9 Å². The van der Waals surface area contributed by atoms with E-state index in [2.05, 4.69) is 4.98 Å². The Morgan fingerprint density at radius 1 is 1.43 bits per heavy atom. The molecular formula is C11H16N2O. The second kappa shape index (κ2) is 3.95. The molecule has 0 aliphatic heterocycles. The minimum absolute atomic E-state index is 0.235. The molecule has 1 heterocycles. The van der Waals surface area contributed by atoms with Gasteiger partial charge in [-0.25, -0.2) is 4.98 Å². The molecule has 0 spiro atoms. The average Bonchev–Trinajstić information content (AvgIpc) is 2.65. The van der Waals surface area contributed by atoms with Gasteiger partial charge < -0.3 is 4.57 Å². The lowest BCUT2D eigenvalue weighted by Crippen LogP contribution is -2.18. The number of aryl methyl sites for hydroxylation is 1. The molecule has 3 heteroatoms. The first kappa shape index (κ1) is 9.44. The zero-order valence-corrected chi connectivity index (χ0v) is 8.57. The number of rotatable bonds is 2. The van der Waals surface area contributed by atoms with Crippen LogP contribution < -0.4 is 0 Å². The van der Waals surface area contributed by atoms with Crippen molar-refractivity contribution < 1.29 is 4.79 Å². The molecule has 0 unspecified atom stereocenters. The lowest BCUT2D eigenvalue weighted by atomic mass is 9.85. The van der Waals surface area contributed by atoms with Crippen LogP contribution in [0.5, 0.6) is 0 Å². The van der Waals surface area contributed by atoms with Gasteiger partial charge in [0.15, 0.2) is 5.78 Å². The minimum Gasteiger partial charge on any atom is -0.340 e. The fourth-order valence-electron chi connectivity index (χ4n) is 2.11. The molecule has 2 rings (SSSR count). The SMILES string of the molecule is Cn1cnc(C(=O)C2CCCCC2)c1. The smallest absolute Gasteiger partial charge is 0.185 e. The number of aromatic nitrogens is 2. The second-order valence-corrected chi connectivity index (χ2v) is 4.12. The highest BCUT2D eigenvalue weighted by atomic mass is 16.1. The van der Waals surface area contributed by atoms with Gasteiger partial charge in [-0.1, -0.05) is 19.3 Å². The van der Waals surface area contributed by atoms with Crippen LogP contribution in [-0.2, 0) is 7.05 Å². The van der Waals surface area contributed by atoms with Gasteiger partial charge >= 0.3 is 0 Å². The van der Waals surface area contributed by atoms with Gasteiger partial charge in [-0.3, -0.25) is 4.79 Å². The molecule has 0 saturated heterocycles. The zero-order chi connectivity index (χ0) is 9.97. The van der Waals surface area contributed by atoms with Crippen molar-refractivity contribution in [3.05, 3.63) is 18.2 Å². The van der Waals surface area contributed by atoms with Crippen LogP contribution in [0.15, 0.2) is 12.5 Å². The Morgan fingerprint density at radius 3 is 2.71 bits per heavy atom. The van der Waals surface area contributed by atoms with Gasteiger partial charge in [0.25, 0.3) is 0 Å². The highest BCUT2D eigenvalue weighted by Crippen LogP contribution is 2.26. The van der Waals surface area contributed by atoms with Crippen molar-refractivity contribution in [2.45, 2.75) is 32.1 Å². The molecule has 0 atom stereocenters. The molecule has 3 nitrogen and oxygen atoms in total. The van der Waals surface area contributed by atoms with Gasteiger partial charge in [0.1, 0.15) is 5.69 Å². The summed E-state index contributed by atoms with van der Waals surface area (Å²) in [4.78, 5) is 16.0. The van der Waals surface area contributed by atoms with E-state index in [1.54, 1.807) is 6.33 Å². The minimum atomic E-state index is 0.235. The molecule has 76 valence electrons. The van der Waals surface area contributed by atoms with Gasteiger partial charge in [-0.15, -0.1) is 0 Å². The Kier molecular flexibility index (Phi) is 2.66. The van der Waals surface area contributed by atoms with Crippen LogP contribution in [0, 0.1) is 5.92 Å². The lowest BCUT2D eigenvalue weighted by Gasteiger charge is -2.18. The first-order valence-electron chi connectivity index (χ1n) is 5.29. The van der Waals surface area contributed by atoms with Crippen LogP contribution in [0.2, 0.25) is 0 Å². The second-order valence-electron chi connectivity index (χ2n) is 4.12. The monoisotopic (exact) mass is 192 g/mol. The lowest BCUT2D eigenvalue weighted by molar-refractivity contribution is 0.0884. The van der Waals surface area contributed by atoms with E-state index in [9.17, 15) is 4.79 Å². The highest BCUT2D eigenvalue weighted by molar-refractivity contribution is 5.95. The Hall–Kier alpha value is -1.12. The molecule has 0 amide bonds. The van der Waals surface area contributed by atoms with E-state index >= 15 is 0 Å². The predicted octanol–water partition coefficient (Wildman–Crippen LogP) is 2.18. The number of Topliss-reactive ketones (excluding diaryl/α,β-unsaturated/α-hetero) is 1. The van der Waals surface area contributed by atoms with Crippen molar-refractivity contribution in [3.63, 3.8) is 0 Å². The van der Waals surface area contributed by atoms with E-state index in [0.29, 0.717) is 5.69 Å². The van der Waals surface area contributed by atoms with E-state index in [4.69, 9.17) is 0 Å². The van der Waals surface area contributed by atoms with Crippen LogP contribution in [0.3, 0.4) is 0 Å². The van der Waals surface area contributed by atoms with Crippen LogP contribution in [0.4, 0.5) is 0 Å². The van der Waals surface area contributed by atoms with Crippen molar-refractivity contribution >= 4 is 5.78 Å². The largest absolute Gasteiger partial charge is 0.340 e. The number of imidazole rings is 1. The van der Waals surface area contributed by atoms with E-state index in [1.807, 2.05) is 17.8 Å². The third-order valence-corrected chi connectivity index (χ3v) is 2.93. The number of hydrogen-bond acceptors (Lipinski definition) is 2. The standard InChI is InChI=1S/C11H16N2O/c1-13-7-10(12-8-13)11(14)9-5-3-2-4-6-9/h7-9H,2-6H2,1H3. The number of carbonyl (C=O) groups excluding carboxylic acids is 1. The van der Waals surface area contributed by atoms with Crippen molar-refractivity contribution in [2.75, 3.05) is 0 Å². The molecular weight excluding hydrogens is 176 g/mol. The fourth-order valence-corrected chi connectivity index (χ4v) is 2.11. The molecule has 0 aromatic carbocycles. The maximum Gasteiger partial charge on any atom is 0.185 e. The van der Waals surface area contributed by atoms with Gasteiger partial charge in [0.2, 0.25) is 0 Å². The molecule has 14 heavy (non-hydrogen) atoms. The number of carbonyl (C=O) groups is 1. The number of nitrogens with zero attached hydrogens (tertiary/aromatic N) is 2. The first-order chi connectivity index (χ1) is 6.77. The van der Waals surface area contributed by atoms with Crippen LogP contribution in [0.1, 0.15) is 42.6 Å². The summed E-state index contributed by atoms with van der Waals surface area (Å²) in [5.41, 5.74) is 0.638. The van der Waals surface area contributed by atoms with Gasteiger partial charge in [-0.2, -0.15) is 0 Å². The Morgan fingerprint density at radius 2 is 2.14 bits per heavy atom.